The summed E-state index contributed by atoms with van der Waals surface area (Å²) in [5.41, 5.74) is 5.02. The average molecular weight is 372 g/mol. The minimum atomic E-state index is -1.13. The van der Waals surface area contributed by atoms with Crippen molar-refractivity contribution < 1.29 is 28.6 Å². The Morgan fingerprint density at radius 1 is 0.852 bits per heavy atom. The predicted molar refractivity (Wildman–Crippen MR) is 96.5 cm³/mol. The molecule has 0 aliphatic heterocycles. The van der Waals surface area contributed by atoms with Crippen LogP contribution < -0.4 is 20.3 Å². The second-order valence-electron chi connectivity index (χ2n) is 5.46. The van der Waals surface area contributed by atoms with Crippen LogP contribution in [0.25, 0.3) is 0 Å². The molecule has 2 aromatic rings. The average Bonchev–Trinajstić information content (AvgIpc) is 2.71. The van der Waals surface area contributed by atoms with Gasteiger partial charge in [0.25, 0.3) is 11.8 Å². The van der Waals surface area contributed by atoms with Crippen LogP contribution in [0, 0.1) is 0 Å². The van der Waals surface area contributed by atoms with E-state index in [-0.39, 0.29) is 5.56 Å². The zero-order valence-corrected chi connectivity index (χ0v) is 15.1. The van der Waals surface area contributed by atoms with Gasteiger partial charge >= 0.3 is 5.97 Å². The van der Waals surface area contributed by atoms with Crippen LogP contribution in [0.5, 0.6) is 11.5 Å². The third-order valence-electron chi connectivity index (χ3n) is 3.58. The zero-order chi connectivity index (χ0) is 19.8. The molecule has 0 saturated heterocycles. The molecule has 142 valence electrons. The molecule has 0 heterocycles. The van der Waals surface area contributed by atoms with Crippen LogP contribution in [0.15, 0.2) is 48.5 Å². The van der Waals surface area contributed by atoms with Gasteiger partial charge in [-0.3, -0.25) is 20.4 Å². The molecule has 8 nitrogen and oxygen atoms in total. The van der Waals surface area contributed by atoms with Gasteiger partial charge in [-0.15, -0.1) is 0 Å². The second-order valence-corrected chi connectivity index (χ2v) is 5.46. The van der Waals surface area contributed by atoms with Gasteiger partial charge in [-0.1, -0.05) is 18.2 Å². The second kappa shape index (κ2) is 9.23. The van der Waals surface area contributed by atoms with E-state index in [1.54, 1.807) is 36.4 Å². The van der Waals surface area contributed by atoms with Crippen molar-refractivity contribution >= 4 is 17.8 Å². The number of hydrogen-bond acceptors (Lipinski definition) is 6. The van der Waals surface area contributed by atoms with Crippen molar-refractivity contribution in [2.45, 2.75) is 13.0 Å². The first-order chi connectivity index (χ1) is 12.9. The number of amides is 2. The van der Waals surface area contributed by atoms with E-state index in [2.05, 4.69) is 10.9 Å². The number of esters is 1. The molecule has 8 heteroatoms. The third-order valence-corrected chi connectivity index (χ3v) is 3.58. The summed E-state index contributed by atoms with van der Waals surface area (Å²) in [6.45, 7) is 1.39. The van der Waals surface area contributed by atoms with Gasteiger partial charge in [0.15, 0.2) is 6.10 Å². The fourth-order valence-corrected chi connectivity index (χ4v) is 2.09. The lowest BCUT2D eigenvalue weighted by Gasteiger charge is -2.15. The lowest BCUT2D eigenvalue weighted by Crippen LogP contribution is -2.46. The highest BCUT2D eigenvalue weighted by molar-refractivity contribution is 5.96. The van der Waals surface area contributed by atoms with Crippen LogP contribution in [0.4, 0.5) is 0 Å². The van der Waals surface area contributed by atoms with E-state index >= 15 is 0 Å². The molecule has 0 fully saturated rings. The van der Waals surface area contributed by atoms with Crippen molar-refractivity contribution in [2.24, 2.45) is 0 Å². The highest BCUT2D eigenvalue weighted by Gasteiger charge is 2.20. The van der Waals surface area contributed by atoms with Gasteiger partial charge < -0.3 is 14.2 Å². The van der Waals surface area contributed by atoms with Gasteiger partial charge in [0.1, 0.15) is 11.5 Å². The molecule has 0 aromatic heterocycles. The minimum absolute atomic E-state index is 0.166. The number of hydrazine groups is 1. The molecule has 0 bridgehead atoms. The fraction of sp³-hybridized carbons (Fsp3) is 0.211. The van der Waals surface area contributed by atoms with Crippen LogP contribution in [-0.2, 0) is 9.53 Å². The van der Waals surface area contributed by atoms with Gasteiger partial charge in [-0.05, 0) is 31.2 Å². The molecule has 2 rings (SSSR count). The van der Waals surface area contributed by atoms with Gasteiger partial charge in [0.2, 0.25) is 0 Å². The van der Waals surface area contributed by atoms with Crippen molar-refractivity contribution in [3.05, 3.63) is 59.7 Å². The topological polar surface area (TPSA) is 103 Å². The van der Waals surface area contributed by atoms with Crippen LogP contribution >= 0.6 is 0 Å². The molecule has 0 radical (unpaired) electrons. The lowest BCUT2D eigenvalue weighted by atomic mass is 10.2. The molecule has 1 atom stereocenters. The number of nitrogens with one attached hydrogen (secondary N) is 2. The molecule has 0 saturated carbocycles. The van der Waals surface area contributed by atoms with E-state index in [4.69, 9.17) is 14.2 Å². The van der Waals surface area contributed by atoms with Gasteiger partial charge in [0.05, 0.1) is 19.8 Å². The number of hydrogen-bond donors (Lipinski definition) is 2. The highest BCUT2D eigenvalue weighted by atomic mass is 16.5. The van der Waals surface area contributed by atoms with E-state index in [0.29, 0.717) is 17.1 Å². The first-order valence-electron chi connectivity index (χ1n) is 8.04. The molecule has 2 N–H and O–H groups in total. The minimum Gasteiger partial charge on any atom is -0.497 e. The summed E-state index contributed by atoms with van der Waals surface area (Å²) >= 11 is 0. The quantitative estimate of drug-likeness (QED) is 0.591. The Labute approximate surface area is 156 Å². The summed E-state index contributed by atoms with van der Waals surface area (Å²) in [5, 5.41) is 0. The molecule has 0 aliphatic rings. The van der Waals surface area contributed by atoms with E-state index < -0.39 is 23.9 Å². The van der Waals surface area contributed by atoms with Gasteiger partial charge in [-0.2, -0.15) is 0 Å². The lowest BCUT2D eigenvalue weighted by molar-refractivity contribution is -0.129. The summed E-state index contributed by atoms with van der Waals surface area (Å²) in [4.78, 5) is 36.2. The van der Waals surface area contributed by atoms with E-state index in [9.17, 15) is 14.4 Å². The monoisotopic (exact) mass is 372 g/mol. The Balaban J connectivity index is 1.93. The number of benzene rings is 2. The molecule has 2 amide bonds. The number of carbonyl (C=O) groups is 3. The Morgan fingerprint density at radius 2 is 1.44 bits per heavy atom. The zero-order valence-electron chi connectivity index (χ0n) is 15.1. The normalized spacial score (nSPS) is 11.1. The fourth-order valence-electron chi connectivity index (χ4n) is 2.09. The van der Waals surface area contributed by atoms with Crippen LogP contribution in [-0.4, -0.2) is 38.1 Å². The van der Waals surface area contributed by atoms with Crippen molar-refractivity contribution in [3.8, 4) is 11.5 Å². The SMILES string of the molecule is COc1cc(OC)cc(C(=O)O[C@H](C)C(=O)NNC(=O)c2ccccc2)c1. The molecule has 0 unspecified atom stereocenters. The molecule has 27 heavy (non-hydrogen) atoms. The molecular weight excluding hydrogens is 352 g/mol. The molecule has 0 spiro atoms. The summed E-state index contributed by atoms with van der Waals surface area (Å²) < 4.78 is 15.3. The third kappa shape index (κ3) is 5.46. The summed E-state index contributed by atoms with van der Waals surface area (Å²) in [7, 11) is 2.91. The first-order valence-corrected chi connectivity index (χ1v) is 8.04. The first kappa shape index (κ1) is 19.8. The Hall–Kier alpha value is -3.55. The van der Waals surface area contributed by atoms with Crippen LogP contribution in [0.3, 0.4) is 0 Å². The number of methoxy groups -OCH3 is 2. The highest BCUT2D eigenvalue weighted by Crippen LogP contribution is 2.23. The molecule has 0 aliphatic carbocycles. The van der Waals surface area contributed by atoms with Crippen molar-refractivity contribution in [3.63, 3.8) is 0 Å². The summed E-state index contributed by atoms with van der Waals surface area (Å²) in [6.07, 6.45) is -1.13. The molecular formula is C19H20N2O6. The Bertz CT molecular complexity index is 800. The smallest absolute Gasteiger partial charge is 0.339 e. The van der Waals surface area contributed by atoms with Crippen LogP contribution in [0.1, 0.15) is 27.6 Å². The Kier molecular flexibility index (Phi) is 6.76. The molecule has 2 aromatic carbocycles. The van der Waals surface area contributed by atoms with Gasteiger partial charge in [0, 0.05) is 11.6 Å². The van der Waals surface area contributed by atoms with Crippen LogP contribution in [0.2, 0.25) is 0 Å². The van der Waals surface area contributed by atoms with Crippen molar-refractivity contribution in [2.75, 3.05) is 14.2 Å². The van der Waals surface area contributed by atoms with Crippen molar-refractivity contribution in [1.82, 2.24) is 10.9 Å². The maximum atomic E-state index is 12.3. The maximum absolute atomic E-state index is 12.3. The van der Waals surface area contributed by atoms with Gasteiger partial charge in [-0.25, -0.2) is 4.79 Å². The largest absolute Gasteiger partial charge is 0.497 e. The number of carbonyl (C=O) groups excluding carboxylic acids is 3. The summed E-state index contributed by atoms with van der Waals surface area (Å²) in [6, 6.07) is 12.9. The van der Waals surface area contributed by atoms with E-state index in [1.807, 2.05) is 0 Å². The number of rotatable bonds is 6. The standard InChI is InChI=1S/C19H20N2O6/c1-12(17(22)20-21-18(23)13-7-5-4-6-8-13)27-19(24)14-9-15(25-2)11-16(10-14)26-3/h4-12H,1-3H3,(H,20,22)(H,21,23)/t12-/m1/s1. The predicted octanol–water partition coefficient (Wildman–Crippen LogP) is 1.71. The summed E-state index contributed by atoms with van der Waals surface area (Å²) in [5.74, 6) is -1.08. The van der Waals surface area contributed by atoms with E-state index in [1.165, 1.54) is 33.3 Å². The Morgan fingerprint density at radius 3 is 2.00 bits per heavy atom. The van der Waals surface area contributed by atoms with E-state index in [0.717, 1.165) is 0 Å². The maximum Gasteiger partial charge on any atom is 0.339 e. The number of ether oxygens (including phenoxy) is 3. The van der Waals surface area contributed by atoms with Crippen molar-refractivity contribution in [1.29, 1.82) is 0 Å².